The van der Waals surface area contributed by atoms with Gasteiger partial charge in [-0.3, -0.25) is 4.79 Å². The number of carbonyl (C=O) groups is 1. The van der Waals surface area contributed by atoms with Gasteiger partial charge in [-0.25, -0.2) is 8.78 Å². The Hall–Kier alpha value is -1.71. The van der Waals surface area contributed by atoms with Gasteiger partial charge in [0.15, 0.2) is 17.9 Å². The van der Waals surface area contributed by atoms with Crippen LogP contribution in [0.5, 0.6) is 0 Å². The van der Waals surface area contributed by atoms with E-state index in [0.717, 1.165) is 6.07 Å². The first kappa shape index (κ1) is 7.91. The van der Waals surface area contributed by atoms with Gasteiger partial charge in [0.2, 0.25) is 0 Å². The SMILES string of the molecule is O=Cc1c(F)c(F)cc2cc[nH]c12. The van der Waals surface area contributed by atoms with Crippen molar-refractivity contribution in [3.8, 4) is 0 Å². The van der Waals surface area contributed by atoms with Gasteiger partial charge in [0.05, 0.1) is 11.1 Å². The summed E-state index contributed by atoms with van der Waals surface area (Å²) in [6, 6.07) is 2.62. The average molecular weight is 181 g/mol. The maximum Gasteiger partial charge on any atom is 0.171 e. The highest BCUT2D eigenvalue weighted by molar-refractivity contribution is 5.96. The molecular weight excluding hydrogens is 176 g/mol. The Morgan fingerprint density at radius 1 is 1.38 bits per heavy atom. The van der Waals surface area contributed by atoms with Crippen molar-refractivity contribution in [3.05, 3.63) is 35.5 Å². The molecule has 0 aliphatic heterocycles. The molecule has 2 rings (SSSR count). The molecule has 66 valence electrons. The molecule has 2 nitrogen and oxygen atoms in total. The Bertz CT molecular complexity index is 476. The van der Waals surface area contributed by atoms with Crippen LogP contribution in [0.2, 0.25) is 0 Å². The summed E-state index contributed by atoms with van der Waals surface area (Å²) in [5, 5.41) is 0.487. The Balaban J connectivity index is 2.95. The second-order valence-electron chi connectivity index (χ2n) is 2.65. The highest BCUT2D eigenvalue weighted by Gasteiger charge is 2.12. The minimum atomic E-state index is -1.11. The molecule has 0 saturated carbocycles. The maximum atomic E-state index is 13.0. The molecule has 0 spiro atoms. The molecule has 0 unspecified atom stereocenters. The van der Waals surface area contributed by atoms with Crippen LogP contribution >= 0.6 is 0 Å². The zero-order valence-electron chi connectivity index (χ0n) is 6.47. The van der Waals surface area contributed by atoms with Gasteiger partial charge in [-0.15, -0.1) is 0 Å². The minimum Gasteiger partial charge on any atom is -0.361 e. The summed E-state index contributed by atoms with van der Waals surface area (Å²) >= 11 is 0. The molecule has 1 aromatic heterocycles. The third kappa shape index (κ3) is 1.02. The normalized spacial score (nSPS) is 10.6. The molecular formula is C9H5F2NO. The van der Waals surface area contributed by atoms with E-state index in [4.69, 9.17) is 0 Å². The summed E-state index contributed by atoms with van der Waals surface area (Å²) < 4.78 is 25.8. The number of carbonyl (C=O) groups excluding carboxylic acids is 1. The average Bonchev–Trinajstić information content (AvgIpc) is 2.54. The van der Waals surface area contributed by atoms with Crippen molar-refractivity contribution >= 4 is 17.2 Å². The monoisotopic (exact) mass is 181 g/mol. The highest BCUT2D eigenvalue weighted by atomic mass is 19.2. The second-order valence-corrected chi connectivity index (χ2v) is 2.65. The summed E-state index contributed by atoms with van der Waals surface area (Å²) in [4.78, 5) is 13.1. The molecule has 13 heavy (non-hydrogen) atoms. The molecule has 0 fully saturated rings. The third-order valence-corrected chi connectivity index (χ3v) is 1.89. The number of hydrogen-bond acceptors (Lipinski definition) is 1. The van der Waals surface area contributed by atoms with E-state index >= 15 is 0 Å². The van der Waals surface area contributed by atoms with Crippen LogP contribution in [-0.4, -0.2) is 11.3 Å². The van der Waals surface area contributed by atoms with Gasteiger partial charge in [-0.05, 0) is 12.1 Å². The van der Waals surface area contributed by atoms with Gasteiger partial charge in [0.25, 0.3) is 0 Å². The molecule has 1 heterocycles. The lowest BCUT2D eigenvalue weighted by atomic mass is 10.1. The lowest BCUT2D eigenvalue weighted by molar-refractivity contribution is 0.112. The van der Waals surface area contributed by atoms with Crippen LogP contribution in [0.25, 0.3) is 10.9 Å². The van der Waals surface area contributed by atoms with Gasteiger partial charge in [0, 0.05) is 11.6 Å². The van der Waals surface area contributed by atoms with E-state index < -0.39 is 11.6 Å². The Labute approximate surface area is 72.2 Å². The number of halogens is 2. The fraction of sp³-hybridized carbons (Fsp3) is 0. The number of fused-ring (bicyclic) bond motifs is 1. The van der Waals surface area contributed by atoms with Crippen molar-refractivity contribution in [3.63, 3.8) is 0 Å². The number of benzene rings is 1. The molecule has 0 aliphatic rings. The van der Waals surface area contributed by atoms with E-state index in [1.807, 2.05) is 0 Å². The topological polar surface area (TPSA) is 32.9 Å². The first-order chi connectivity index (χ1) is 6.24. The van der Waals surface area contributed by atoms with E-state index in [1.165, 1.54) is 6.20 Å². The summed E-state index contributed by atoms with van der Waals surface area (Å²) in [6.45, 7) is 0. The molecule has 2 aromatic rings. The predicted molar refractivity (Wildman–Crippen MR) is 43.6 cm³/mol. The number of aldehydes is 1. The zero-order valence-corrected chi connectivity index (χ0v) is 6.47. The molecule has 4 heteroatoms. The van der Waals surface area contributed by atoms with E-state index in [0.29, 0.717) is 17.2 Å². The van der Waals surface area contributed by atoms with Gasteiger partial charge < -0.3 is 4.98 Å². The first-order valence-electron chi connectivity index (χ1n) is 3.64. The van der Waals surface area contributed by atoms with Crippen molar-refractivity contribution in [2.75, 3.05) is 0 Å². The zero-order chi connectivity index (χ0) is 9.42. The van der Waals surface area contributed by atoms with Crippen LogP contribution in [0.1, 0.15) is 10.4 Å². The fourth-order valence-corrected chi connectivity index (χ4v) is 1.28. The van der Waals surface area contributed by atoms with Crippen molar-refractivity contribution in [1.29, 1.82) is 0 Å². The number of H-pyrrole nitrogens is 1. The standard InChI is InChI=1S/C9H5F2NO/c10-7-3-5-1-2-12-9(5)6(4-13)8(7)11/h1-4,12H. The third-order valence-electron chi connectivity index (χ3n) is 1.89. The summed E-state index contributed by atoms with van der Waals surface area (Å²) in [6.07, 6.45) is 1.83. The molecule has 0 saturated heterocycles. The van der Waals surface area contributed by atoms with Gasteiger partial charge >= 0.3 is 0 Å². The quantitative estimate of drug-likeness (QED) is 0.672. The van der Waals surface area contributed by atoms with Crippen LogP contribution in [0.3, 0.4) is 0 Å². The van der Waals surface area contributed by atoms with E-state index in [9.17, 15) is 13.6 Å². The largest absolute Gasteiger partial charge is 0.361 e. The second kappa shape index (κ2) is 2.65. The number of rotatable bonds is 1. The maximum absolute atomic E-state index is 13.0. The molecule has 0 atom stereocenters. The smallest absolute Gasteiger partial charge is 0.171 e. The van der Waals surface area contributed by atoms with Crippen molar-refractivity contribution < 1.29 is 13.6 Å². The lowest BCUT2D eigenvalue weighted by Gasteiger charge is -1.98. The van der Waals surface area contributed by atoms with Crippen molar-refractivity contribution in [2.24, 2.45) is 0 Å². The van der Waals surface area contributed by atoms with Crippen LogP contribution in [0.4, 0.5) is 8.78 Å². The van der Waals surface area contributed by atoms with E-state index in [1.54, 1.807) is 6.07 Å². The molecule has 0 aliphatic carbocycles. The lowest BCUT2D eigenvalue weighted by Crippen LogP contribution is -1.93. The summed E-state index contributed by atoms with van der Waals surface area (Å²) in [7, 11) is 0. The number of hydrogen-bond donors (Lipinski definition) is 1. The molecule has 0 amide bonds. The molecule has 0 bridgehead atoms. The van der Waals surface area contributed by atoms with Crippen molar-refractivity contribution in [2.45, 2.75) is 0 Å². The van der Waals surface area contributed by atoms with Crippen LogP contribution < -0.4 is 0 Å². The van der Waals surface area contributed by atoms with Gasteiger partial charge in [0.1, 0.15) is 0 Å². The van der Waals surface area contributed by atoms with E-state index in [2.05, 4.69) is 4.98 Å². The van der Waals surface area contributed by atoms with E-state index in [-0.39, 0.29) is 5.56 Å². The Morgan fingerprint density at radius 2 is 2.15 bits per heavy atom. The number of nitrogens with one attached hydrogen (secondary N) is 1. The Morgan fingerprint density at radius 3 is 2.85 bits per heavy atom. The van der Waals surface area contributed by atoms with Crippen LogP contribution in [0.15, 0.2) is 18.3 Å². The van der Waals surface area contributed by atoms with Crippen molar-refractivity contribution in [1.82, 2.24) is 4.98 Å². The molecule has 1 aromatic carbocycles. The summed E-state index contributed by atoms with van der Waals surface area (Å²) in [5.74, 6) is -2.11. The van der Waals surface area contributed by atoms with Gasteiger partial charge in [-0.2, -0.15) is 0 Å². The minimum absolute atomic E-state index is 0.264. The number of aromatic amines is 1. The highest BCUT2D eigenvalue weighted by Crippen LogP contribution is 2.21. The number of aromatic nitrogens is 1. The van der Waals surface area contributed by atoms with Crippen LogP contribution in [0, 0.1) is 11.6 Å². The van der Waals surface area contributed by atoms with Crippen LogP contribution in [-0.2, 0) is 0 Å². The molecule has 1 N–H and O–H groups in total. The predicted octanol–water partition coefficient (Wildman–Crippen LogP) is 2.26. The first-order valence-corrected chi connectivity index (χ1v) is 3.64. The summed E-state index contributed by atoms with van der Waals surface area (Å²) in [5.41, 5.74) is 0.0638. The fourth-order valence-electron chi connectivity index (χ4n) is 1.28. The van der Waals surface area contributed by atoms with Gasteiger partial charge in [-0.1, -0.05) is 0 Å². The molecule has 0 radical (unpaired) electrons. The Kier molecular flexibility index (Phi) is 1.62.